The number of halogens is 1. The quantitative estimate of drug-likeness (QED) is 0.810. The molecule has 0 unspecified atom stereocenters. The molecule has 1 heterocycles. The standard InChI is InChI=1S/C15H19ClN2O/c1-10-13(15(2,3)4)14(18(5)17-10)19-12-8-6-7-11(16)9-12/h6-9H,1-5H3. The maximum Gasteiger partial charge on any atom is 0.221 e. The highest BCUT2D eigenvalue weighted by molar-refractivity contribution is 6.30. The maximum atomic E-state index is 5.98. The van der Waals surface area contributed by atoms with E-state index in [1.54, 1.807) is 10.7 Å². The van der Waals surface area contributed by atoms with Gasteiger partial charge in [0.15, 0.2) is 0 Å². The minimum absolute atomic E-state index is 0.0216. The van der Waals surface area contributed by atoms with Crippen LogP contribution in [0.2, 0.25) is 5.02 Å². The molecule has 1 aromatic heterocycles. The van der Waals surface area contributed by atoms with Gasteiger partial charge in [-0.05, 0) is 30.5 Å². The number of aromatic nitrogens is 2. The van der Waals surface area contributed by atoms with E-state index in [1.165, 1.54) is 0 Å². The van der Waals surface area contributed by atoms with Crippen LogP contribution in [0.25, 0.3) is 0 Å². The zero-order chi connectivity index (χ0) is 14.2. The lowest BCUT2D eigenvalue weighted by atomic mass is 9.87. The van der Waals surface area contributed by atoms with Crippen LogP contribution in [0.15, 0.2) is 24.3 Å². The smallest absolute Gasteiger partial charge is 0.221 e. The summed E-state index contributed by atoms with van der Waals surface area (Å²) in [5, 5.41) is 5.12. The van der Waals surface area contributed by atoms with E-state index in [0.717, 1.165) is 22.9 Å². The number of hydrogen-bond acceptors (Lipinski definition) is 2. The van der Waals surface area contributed by atoms with Crippen LogP contribution in [0.3, 0.4) is 0 Å². The maximum absolute atomic E-state index is 5.98. The molecule has 0 aliphatic carbocycles. The summed E-state index contributed by atoms with van der Waals surface area (Å²) in [6.45, 7) is 8.47. The number of hydrogen-bond donors (Lipinski definition) is 0. The van der Waals surface area contributed by atoms with Crippen LogP contribution in [-0.4, -0.2) is 9.78 Å². The van der Waals surface area contributed by atoms with Crippen LogP contribution >= 0.6 is 11.6 Å². The summed E-state index contributed by atoms with van der Waals surface area (Å²) >= 11 is 5.98. The van der Waals surface area contributed by atoms with Crippen LogP contribution in [-0.2, 0) is 12.5 Å². The Morgan fingerprint density at radius 1 is 1.26 bits per heavy atom. The van der Waals surface area contributed by atoms with E-state index in [9.17, 15) is 0 Å². The predicted molar refractivity (Wildman–Crippen MR) is 78.2 cm³/mol. The predicted octanol–water partition coefficient (Wildman–Crippen LogP) is 4.47. The van der Waals surface area contributed by atoms with E-state index < -0.39 is 0 Å². The first-order valence-electron chi connectivity index (χ1n) is 6.26. The normalized spacial score (nSPS) is 11.7. The third-order valence-electron chi connectivity index (χ3n) is 2.93. The summed E-state index contributed by atoms with van der Waals surface area (Å²) < 4.78 is 7.76. The highest BCUT2D eigenvalue weighted by atomic mass is 35.5. The van der Waals surface area contributed by atoms with Gasteiger partial charge in [-0.15, -0.1) is 0 Å². The molecule has 102 valence electrons. The molecular formula is C15H19ClN2O. The van der Waals surface area contributed by atoms with Crippen molar-refractivity contribution in [3.8, 4) is 11.6 Å². The van der Waals surface area contributed by atoms with E-state index >= 15 is 0 Å². The Morgan fingerprint density at radius 2 is 1.95 bits per heavy atom. The minimum Gasteiger partial charge on any atom is -0.439 e. The van der Waals surface area contributed by atoms with Crippen molar-refractivity contribution in [2.75, 3.05) is 0 Å². The second kappa shape index (κ2) is 4.89. The fraction of sp³-hybridized carbons (Fsp3) is 0.400. The molecule has 0 saturated heterocycles. The summed E-state index contributed by atoms with van der Waals surface area (Å²) in [5.41, 5.74) is 2.09. The molecule has 1 aromatic carbocycles. The minimum atomic E-state index is -0.0216. The first-order valence-corrected chi connectivity index (χ1v) is 6.64. The van der Waals surface area contributed by atoms with E-state index in [0.29, 0.717) is 5.02 Å². The monoisotopic (exact) mass is 278 g/mol. The third kappa shape index (κ3) is 2.92. The highest BCUT2D eigenvalue weighted by Gasteiger charge is 2.26. The average molecular weight is 279 g/mol. The second-order valence-corrected chi connectivity index (χ2v) is 6.14. The van der Waals surface area contributed by atoms with Crippen LogP contribution in [0.4, 0.5) is 0 Å². The van der Waals surface area contributed by atoms with Crippen molar-refractivity contribution < 1.29 is 4.74 Å². The Morgan fingerprint density at radius 3 is 2.53 bits per heavy atom. The van der Waals surface area contributed by atoms with E-state index in [4.69, 9.17) is 16.3 Å². The first-order chi connectivity index (χ1) is 8.79. The number of rotatable bonds is 2. The van der Waals surface area contributed by atoms with Crippen molar-refractivity contribution >= 4 is 11.6 Å². The summed E-state index contributed by atoms with van der Waals surface area (Å²) in [7, 11) is 1.89. The zero-order valence-corrected chi connectivity index (χ0v) is 12.7. The van der Waals surface area contributed by atoms with Crippen LogP contribution in [0.5, 0.6) is 11.6 Å². The molecule has 0 amide bonds. The molecule has 2 aromatic rings. The fourth-order valence-electron chi connectivity index (χ4n) is 2.26. The third-order valence-corrected chi connectivity index (χ3v) is 3.17. The SMILES string of the molecule is Cc1nn(C)c(Oc2cccc(Cl)c2)c1C(C)(C)C. The van der Waals surface area contributed by atoms with Gasteiger partial charge in [0.2, 0.25) is 5.88 Å². The van der Waals surface area contributed by atoms with Gasteiger partial charge in [0, 0.05) is 17.6 Å². The lowest BCUT2D eigenvalue weighted by Crippen LogP contribution is -2.13. The molecule has 0 atom stereocenters. The van der Waals surface area contributed by atoms with Gasteiger partial charge in [0.1, 0.15) is 5.75 Å². The summed E-state index contributed by atoms with van der Waals surface area (Å²) in [5.74, 6) is 1.49. The van der Waals surface area contributed by atoms with Crippen molar-refractivity contribution in [1.82, 2.24) is 9.78 Å². The average Bonchev–Trinajstić information content (AvgIpc) is 2.53. The first kappa shape index (κ1) is 13.9. The van der Waals surface area contributed by atoms with Crippen LogP contribution in [0.1, 0.15) is 32.0 Å². The second-order valence-electron chi connectivity index (χ2n) is 5.70. The van der Waals surface area contributed by atoms with Crippen molar-refractivity contribution in [3.05, 3.63) is 40.5 Å². The van der Waals surface area contributed by atoms with Crippen molar-refractivity contribution in [2.45, 2.75) is 33.1 Å². The van der Waals surface area contributed by atoms with Gasteiger partial charge in [0.05, 0.1) is 5.69 Å². The van der Waals surface area contributed by atoms with Gasteiger partial charge in [-0.25, -0.2) is 4.68 Å². The molecule has 2 rings (SSSR count). The van der Waals surface area contributed by atoms with E-state index in [-0.39, 0.29) is 5.41 Å². The summed E-state index contributed by atoms with van der Waals surface area (Å²) in [6.07, 6.45) is 0. The van der Waals surface area contributed by atoms with E-state index in [1.807, 2.05) is 32.2 Å². The Hall–Kier alpha value is -1.48. The molecule has 3 nitrogen and oxygen atoms in total. The topological polar surface area (TPSA) is 27.1 Å². The highest BCUT2D eigenvalue weighted by Crippen LogP contribution is 2.36. The molecule has 0 aliphatic heterocycles. The van der Waals surface area contributed by atoms with Crippen molar-refractivity contribution in [2.24, 2.45) is 7.05 Å². The molecule has 0 N–H and O–H groups in total. The molecular weight excluding hydrogens is 260 g/mol. The number of benzene rings is 1. The van der Waals surface area contributed by atoms with Gasteiger partial charge in [-0.2, -0.15) is 5.10 Å². The molecule has 0 saturated carbocycles. The molecule has 0 fully saturated rings. The number of ether oxygens (including phenoxy) is 1. The van der Waals surface area contributed by atoms with Crippen LogP contribution < -0.4 is 4.74 Å². The van der Waals surface area contributed by atoms with Crippen LogP contribution in [0, 0.1) is 6.92 Å². The van der Waals surface area contributed by atoms with E-state index in [2.05, 4.69) is 25.9 Å². The lowest BCUT2D eigenvalue weighted by molar-refractivity contribution is 0.413. The molecule has 0 bridgehead atoms. The van der Waals surface area contributed by atoms with Gasteiger partial charge in [-0.3, -0.25) is 0 Å². The van der Waals surface area contributed by atoms with Gasteiger partial charge in [-0.1, -0.05) is 38.4 Å². The summed E-state index contributed by atoms with van der Waals surface area (Å²) in [4.78, 5) is 0. The van der Waals surface area contributed by atoms with Crippen molar-refractivity contribution in [1.29, 1.82) is 0 Å². The van der Waals surface area contributed by atoms with Gasteiger partial charge >= 0.3 is 0 Å². The Balaban J connectivity index is 2.46. The van der Waals surface area contributed by atoms with Gasteiger partial charge in [0.25, 0.3) is 0 Å². The molecule has 0 spiro atoms. The number of nitrogens with zero attached hydrogens (tertiary/aromatic N) is 2. The van der Waals surface area contributed by atoms with Gasteiger partial charge < -0.3 is 4.74 Å². The zero-order valence-electron chi connectivity index (χ0n) is 12.0. The largest absolute Gasteiger partial charge is 0.439 e. The Labute approximate surface area is 119 Å². The molecule has 0 radical (unpaired) electrons. The molecule has 0 aliphatic rings. The Bertz CT molecular complexity index is 597. The fourth-order valence-corrected chi connectivity index (χ4v) is 2.44. The van der Waals surface area contributed by atoms with Crippen molar-refractivity contribution in [3.63, 3.8) is 0 Å². The molecule has 19 heavy (non-hydrogen) atoms. The lowest BCUT2D eigenvalue weighted by Gasteiger charge is -2.20. The Kier molecular flexibility index (Phi) is 3.59. The number of aryl methyl sites for hydroxylation is 2. The summed E-state index contributed by atoms with van der Waals surface area (Å²) in [6, 6.07) is 7.39. The molecule has 4 heteroatoms.